The van der Waals surface area contributed by atoms with E-state index >= 15 is 0 Å². The van der Waals surface area contributed by atoms with E-state index in [9.17, 15) is 24.5 Å². The fourth-order valence-corrected chi connectivity index (χ4v) is 4.17. The van der Waals surface area contributed by atoms with E-state index in [-0.39, 0.29) is 23.4 Å². The molecule has 3 aromatic rings. The Balaban J connectivity index is 1.37. The summed E-state index contributed by atoms with van der Waals surface area (Å²) in [7, 11) is -4.65. The summed E-state index contributed by atoms with van der Waals surface area (Å²) in [4.78, 5) is 40.6. The van der Waals surface area contributed by atoms with Crippen molar-refractivity contribution in [3.63, 3.8) is 0 Å². The van der Waals surface area contributed by atoms with Crippen molar-refractivity contribution in [1.29, 1.82) is 0 Å². The molecule has 4 rings (SSSR count). The van der Waals surface area contributed by atoms with Gasteiger partial charge in [-0.15, -0.1) is 0 Å². The number of rotatable bonds is 8. The second-order valence-electron chi connectivity index (χ2n) is 7.31. The van der Waals surface area contributed by atoms with Gasteiger partial charge in [0, 0.05) is 18.3 Å². The number of hydrogen-bond donors (Lipinski definition) is 7. The first-order chi connectivity index (χ1) is 15.7. The van der Waals surface area contributed by atoms with Crippen LogP contribution in [-0.2, 0) is 25.0 Å². The molecule has 1 aliphatic heterocycles. The molecule has 1 fully saturated rings. The van der Waals surface area contributed by atoms with Crippen molar-refractivity contribution in [1.82, 2.24) is 34.6 Å². The van der Waals surface area contributed by atoms with E-state index in [1.165, 1.54) is 29.7 Å². The molecule has 1 aliphatic rings. The predicted molar refractivity (Wildman–Crippen MR) is 110 cm³/mol. The van der Waals surface area contributed by atoms with Crippen LogP contribution in [0.3, 0.4) is 0 Å². The molecule has 16 nitrogen and oxygen atoms in total. The normalized spacial score (nSPS) is 25.7. The molecular formula is C16H22N9O7P. The predicted octanol–water partition coefficient (Wildman–Crippen LogP) is -2.45. The van der Waals surface area contributed by atoms with Crippen molar-refractivity contribution in [3.8, 4) is 0 Å². The highest BCUT2D eigenvalue weighted by Crippen LogP contribution is 2.39. The van der Waals surface area contributed by atoms with Crippen molar-refractivity contribution in [2.24, 2.45) is 5.73 Å². The quantitative estimate of drug-likeness (QED) is 0.165. The highest BCUT2D eigenvalue weighted by Gasteiger charge is 2.45. The summed E-state index contributed by atoms with van der Waals surface area (Å²) in [5, 5.41) is 22.6. The standard InChI is InChI=1S/C16H22N9O7P/c17-8(1-7-2-19-4-20-7)15(28)24-33(29,30)31-3-9-11(26)12(27)16(32-9)25-6-23-10-13(18)21-5-22-14(10)25/h2,4-6,8-9,11-12,16,26-27H,1,3,17H2,(H,19,20)(H2,18,21,22)(H2,24,28,29,30)/t8-,9+,11+,12+,16+/m0/s1. The number of nitrogens with two attached hydrogens (primary N) is 2. The number of imidazole rings is 2. The van der Waals surface area contributed by atoms with Crippen molar-refractivity contribution in [2.75, 3.05) is 12.3 Å². The van der Waals surface area contributed by atoms with Gasteiger partial charge in [-0.05, 0) is 0 Å². The molecule has 17 heteroatoms. The van der Waals surface area contributed by atoms with Gasteiger partial charge in [0.05, 0.1) is 25.3 Å². The first-order valence-electron chi connectivity index (χ1n) is 9.63. The summed E-state index contributed by atoms with van der Waals surface area (Å²) in [6.07, 6.45) is 0.161. The molecule has 1 saturated heterocycles. The third-order valence-electron chi connectivity index (χ3n) is 5.00. The number of ether oxygens (including phenoxy) is 1. The van der Waals surface area contributed by atoms with Gasteiger partial charge in [0.2, 0.25) is 5.91 Å². The summed E-state index contributed by atoms with van der Waals surface area (Å²) in [5.74, 6) is -0.808. The minimum absolute atomic E-state index is 0.0527. The van der Waals surface area contributed by atoms with Gasteiger partial charge >= 0.3 is 7.75 Å². The van der Waals surface area contributed by atoms with Gasteiger partial charge in [-0.3, -0.25) is 19.0 Å². The van der Waals surface area contributed by atoms with E-state index in [0.29, 0.717) is 5.69 Å². The number of nitrogen functional groups attached to an aromatic ring is 1. The SMILES string of the molecule is Nc1ncnc2c1ncn2[C@@H]1O[C@H](COP(=O)(O)NC(=O)[C@@H](N)Cc2cnc[nH]2)[C@@H](O)[C@H]1O. The summed E-state index contributed by atoms with van der Waals surface area (Å²) in [6, 6.07) is -1.14. The number of fused-ring (bicyclic) bond motifs is 1. The molecule has 0 aliphatic carbocycles. The third-order valence-corrected chi connectivity index (χ3v) is 6.00. The van der Waals surface area contributed by atoms with Gasteiger partial charge in [0.15, 0.2) is 17.7 Å². The number of hydrogen-bond acceptors (Lipinski definition) is 12. The molecule has 9 N–H and O–H groups in total. The lowest BCUT2D eigenvalue weighted by atomic mass is 10.1. The zero-order valence-corrected chi connectivity index (χ0v) is 17.8. The summed E-state index contributed by atoms with van der Waals surface area (Å²) < 4.78 is 24.1. The summed E-state index contributed by atoms with van der Waals surface area (Å²) in [5.41, 5.74) is 12.6. The van der Waals surface area contributed by atoms with E-state index in [2.05, 4.69) is 24.9 Å². The highest BCUT2D eigenvalue weighted by atomic mass is 31.2. The number of amides is 1. The Morgan fingerprint density at radius 3 is 2.88 bits per heavy atom. The van der Waals surface area contributed by atoms with Crippen LogP contribution in [0.2, 0.25) is 0 Å². The second kappa shape index (κ2) is 9.11. The van der Waals surface area contributed by atoms with Crippen molar-refractivity contribution in [3.05, 3.63) is 30.9 Å². The fourth-order valence-electron chi connectivity index (χ4n) is 3.31. The Labute approximate surface area is 185 Å². The minimum Gasteiger partial charge on any atom is -0.387 e. The van der Waals surface area contributed by atoms with E-state index < -0.39 is 50.8 Å². The molecule has 4 heterocycles. The van der Waals surface area contributed by atoms with E-state index in [4.69, 9.17) is 20.7 Å². The van der Waals surface area contributed by atoms with E-state index in [1.807, 2.05) is 5.09 Å². The Hall–Kier alpha value is -2.98. The molecular weight excluding hydrogens is 461 g/mol. The maximum Gasteiger partial charge on any atom is 0.432 e. The Bertz CT molecular complexity index is 1170. The Kier molecular flexibility index (Phi) is 6.40. The number of anilines is 1. The second-order valence-corrected chi connectivity index (χ2v) is 8.83. The Morgan fingerprint density at radius 1 is 1.36 bits per heavy atom. The summed E-state index contributed by atoms with van der Waals surface area (Å²) >= 11 is 0. The van der Waals surface area contributed by atoms with Crippen LogP contribution in [0.5, 0.6) is 0 Å². The molecule has 33 heavy (non-hydrogen) atoms. The van der Waals surface area contributed by atoms with Gasteiger partial charge < -0.3 is 36.3 Å². The van der Waals surface area contributed by atoms with Crippen LogP contribution in [0, 0.1) is 0 Å². The number of H-pyrrole nitrogens is 1. The zero-order chi connectivity index (χ0) is 23.8. The number of carbonyl (C=O) groups excluding carboxylic acids is 1. The van der Waals surface area contributed by atoms with Crippen LogP contribution < -0.4 is 16.6 Å². The minimum atomic E-state index is -4.65. The maximum absolute atomic E-state index is 12.3. The molecule has 0 aromatic carbocycles. The number of nitrogens with one attached hydrogen (secondary N) is 2. The fraction of sp³-hybridized carbons (Fsp3) is 0.438. The molecule has 1 unspecified atom stereocenters. The van der Waals surface area contributed by atoms with Crippen molar-refractivity contribution >= 4 is 30.6 Å². The summed E-state index contributed by atoms with van der Waals surface area (Å²) in [6.45, 7) is -0.623. The number of nitrogens with zero attached hydrogens (tertiary/aromatic N) is 5. The lowest BCUT2D eigenvalue weighted by molar-refractivity contribution is -0.121. The average molecular weight is 483 g/mol. The van der Waals surface area contributed by atoms with Gasteiger partial charge in [0.25, 0.3) is 0 Å². The smallest absolute Gasteiger partial charge is 0.387 e. The number of aliphatic hydroxyl groups excluding tert-OH is 2. The molecule has 0 radical (unpaired) electrons. The lowest BCUT2D eigenvalue weighted by Crippen LogP contribution is -2.41. The van der Waals surface area contributed by atoms with Gasteiger partial charge in [-0.2, -0.15) is 0 Å². The van der Waals surface area contributed by atoms with Crippen LogP contribution in [0.4, 0.5) is 5.82 Å². The topological polar surface area (TPSA) is 250 Å². The monoisotopic (exact) mass is 483 g/mol. The first-order valence-corrected chi connectivity index (χ1v) is 11.2. The molecule has 0 spiro atoms. The molecule has 3 aromatic heterocycles. The zero-order valence-electron chi connectivity index (χ0n) is 16.9. The van der Waals surface area contributed by atoms with Crippen molar-refractivity contribution < 1.29 is 33.7 Å². The first kappa shape index (κ1) is 23.2. The lowest BCUT2D eigenvalue weighted by Gasteiger charge is -2.19. The molecule has 1 amide bonds. The number of carbonyl (C=O) groups is 1. The van der Waals surface area contributed by atoms with E-state index in [1.54, 1.807) is 0 Å². The molecule has 0 bridgehead atoms. The molecule has 0 saturated carbocycles. The van der Waals surface area contributed by atoms with Gasteiger partial charge in [-0.1, -0.05) is 0 Å². The van der Waals surface area contributed by atoms with Crippen LogP contribution in [0.1, 0.15) is 11.9 Å². The van der Waals surface area contributed by atoms with Gasteiger partial charge in [-0.25, -0.2) is 24.5 Å². The number of aliphatic hydroxyl groups is 2. The largest absolute Gasteiger partial charge is 0.432 e. The molecule has 6 atom stereocenters. The average Bonchev–Trinajstić information content (AvgIpc) is 3.48. The van der Waals surface area contributed by atoms with Gasteiger partial charge in [0.1, 0.15) is 30.2 Å². The van der Waals surface area contributed by atoms with Crippen molar-refractivity contribution in [2.45, 2.75) is 37.0 Å². The van der Waals surface area contributed by atoms with Crippen LogP contribution in [0.25, 0.3) is 11.2 Å². The third kappa shape index (κ3) is 4.86. The Morgan fingerprint density at radius 2 is 2.15 bits per heavy atom. The van der Waals surface area contributed by atoms with Crippen LogP contribution in [-0.4, -0.2) is 81.5 Å². The van der Waals surface area contributed by atoms with E-state index in [0.717, 1.165) is 0 Å². The maximum atomic E-state index is 12.3. The number of aromatic amines is 1. The number of aromatic nitrogens is 6. The van der Waals surface area contributed by atoms with Crippen LogP contribution >= 0.6 is 7.75 Å². The van der Waals surface area contributed by atoms with Crippen LogP contribution in [0.15, 0.2) is 25.2 Å². The highest BCUT2D eigenvalue weighted by molar-refractivity contribution is 7.51. The molecule has 178 valence electrons.